The Balaban J connectivity index is 0.000000226. The summed E-state index contributed by atoms with van der Waals surface area (Å²) in [5.74, 6) is -6.70. The molecular formula is C44H34BrCl4F6N12NaO3. The van der Waals surface area contributed by atoms with E-state index in [9.17, 15) is 35.9 Å². The summed E-state index contributed by atoms with van der Waals surface area (Å²) < 4.78 is 91.8. The second kappa shape index (κ2) is 26.1. The van der Waals surface area contributed by atoms with Crippen LogP contribution in [0.2, 0.25) is 20.4 Å². The first-order valence-corrected chi connectivity index (χ1v) is 23.3. The van der Waals surface area contributed by atoms with Crippen LogP contribution in [0.3, 0.4) is 0 Å². The van der Waals surface area contributed by atoms with Gasteiger partial charge in [-0.1, -0.05) is 91.7 Å². The van der Waals surface area contributed by atoms with Crippen molar-refractivity contribution < 1.29 is 70.2 Å². The van der Waals surface area contributed by atoms with Crippen LogP contribution in [-0.2, 0) is 42.5 Å². The first-order valence-electron chi connectivity index (χ1n) is 20.6. The minimum atomic E-state index is -1.03. The van der Waals surface area contributed by atoms with Gasteiger partial charge in [-0.3, -0.25) is 14.5 Å². The maximum atomic E-state index is 14.7. The average molecular weight is 1140 g/mol. The molecule has 2 amide bonds. The Morgan fingerprint density at radius 1 is 0.662 bits per heavy atom. The van der Waals surface area contributed by atoms with Crippen molar-refractivity contribution >= 4 is 85.5 Å². The number of azide groups is 1. The van der Waals surface area contributed by atoms with Crippen LogP contribution in [0.4, 0.5) is 37.7 Å². The number of benzene rings is 4. The quantitative estimate of drug-likeness (QED) is 0.0347. The minimum absolute atomic E-state index is 0. The molecule has 71 heavy (non-hydrogen) atoms. The van der Waals surface area contributed by atoms with Crippen LogP contribution in [0.1, 0.15) is 67.2 Å². The maximum Gasteiger partial charge on any atom is 1.00 e. The number of carbonyl (C=O) groups is 2. The number of amides is 2. The van der Waals surface area contributed by atoms with Crippen molar-refractivity contribution in [2.75, 3.05) is 36.1 Å². The Morgan fingerprint density at radius 2 is 1.08 bits per heavy atom. The van der Waals surface area contributed by atoms with E-state index in [1.54, 1.807) is 6.07 Å². The van der Waals surface area contributed by atoms with Crippen molar-refractivity contribution in [3.63, 3.8) is 0 Å². The molecule has 4 aromatic carbocycles. The van der Waals surface area contributed by atoms with Crippen molar-refractivity contribution in [3.8, 4) is 0 Å². The normalized spacial score (nSPS) is 13.5. The summed E-state index contributed by atoms with van der Waals surface area (Å²) in [4.78, 5) is 32.7. The molecule has 27 heteroatoms. The van der Waals surface area contributed by atoms with E-state index in [0.29, 0.717) is 34.0 Å². The topological polar surface area (TPSA) is 193 Å². The molecule has 2 aromatic heterocycles. The summed E-state index contributed by atoms with van der Waals surface area (Å²) in [5, 5.41) is 12.2. The number of carbonyl (C=O) groups excluding carboxylic acids is 2. The van der Waals surface area contributed by atoms with E-state index in [4.69, 9.17) is 67.7 Å². The molecule has 0 spiro atoms. The van der Waals surface area contributed by atoms with Gasteiger partial charge in [0.15, 0.2) is 46.3 Å². The Hall–Kier alpha value is -4.96. The van der Waals surface area contributed by atoms with Gasteiger partial charge in [-0.25, -0.2) is 35.7 Å². The number of anilines is 2. The Morgan fingerprint density at radius 3 is 1.48 bits per heavy atom. The molecule has 0 atom stereocenters. The molecule has 1 saturated heterocycles. The Labute approximate surface area is 451 Å². The van der Waals surface area contributed by atoms with Crippen LogP contribution >= 0.6 is 62.3 Å². The second-order valence-electron chi connectivity index (χ2n) is 15.1. The molecule has 0 unspecified atom stereocenters. The predicted octanol–water partition coefficient (Wildman–Crippen LogP) is 10.1. The number of nitrogens with zero attached hydrogens (tertiary/aromatic N) is 12. The number of rotatable bonds is 9. The summed E-state index contributed by atoms with van der Waals surface area (Å²) in [5.41, 5.74) is 24.1. The molecule has 0 radical (unpaired) electrons. The monoisotopic (exact) mass is 1130 g/mol. The van der Waals surface area contributed by atoms with E-state index in [0.717, 1.165) is 25.3 Å². The number of hydrogen-bond donors (Lipinski definition) is 0. The van der Waals surface area contributed by atoms with Gasteiger partial charge in [0.25, 0.3) is 11.8 Å². The zero-order valence-electron chi connectivity index (χ0n) is 37.0. The summed E-state index contributed by atoms with van der Waals surface area (Å²) in [6.45, 7) is 1.84. The zero-order valence-corrected chi connectivity index (χ0v) is 43.6. The van der Waals surface area contributed by atoms with Gasteiger partial charge in [0.1, 0.15) is 10.3 Å². The van der Waals surface area contributed by atoms with Crippen LogP contribution in [0, 0.1) is 34.9 Å². The van der Waals surface area contributed by atoms with Gasteiger partial charge in [-0.2, -0.15) is 10.2 Å². The molecule has 0 saturated carbocycles. The number of halogens is 11. The third kappa shape index (κ3) is 13.2. The smallest absolute Gasteiger partial charge is 0.381 e. The van der Waals surface area contributed by atoms with Gasteiger partial charge in [0.05, 0.1) is 41.1 Å². The molecule has 366 valence electrons. The van der Waals surface area contributed by atoms with E-state index >= 15 is 0 Å². The minimum Gasteiger partial charge on any atom is -0.381 e. The molecule has 0 bridgehead atoms. The van der Waals surface area contributed by atoms with Gasteiger partial charge < -0.3 is 25.6 Å². The van der Waals surface area contributed by atoms with Gasteiger partial charge in [0.2, 0.25) is 0 Å². The zero-order chi connectivity index (χ0) is 50.8. The third-order valence-electron chi connectivity index (χ3n) is 10.8. The molecule has 3 aliphatic rings. The first kappa shape index (κ1) is 56.9. The summed E-state index contributed by atoms with van der Waals surface area (Å²) >= 11 is 27.9. The van der Waals surface area contributed by atoms with E-state index in [1.807, 2.05) is 0 Å². The maximum absolute atomic E-state index is 14.7. The van der Waals surface area contributed by atoms with Crippen molar-refractivity contribution in [1.82, 2.24) is 19.6 Å². The van der Waals surface area contributed by atoms with Crippen LogP contribution in [0.15, 0.2) is 65.8 Å². The van der Waals surface area contributed by atoms with Crippen LogP contribution in [-0.4, -0.2) is 57.7 Å². The van der Waals surface area contributed by atoms with E-state index in [1.165, 1.54) is 79.4 Å². The van der Waals surface area contributed by atoms with Crippen molar-refractivity contribution in [2.24, 2.45) is 5.11 Å². The van der Waals surface area contributed by atoms with Gasteiger partial charge in [-0.05, 0) is 78.7 Å². The van der Waals surface area contributed by atoms with E-state index < -0.39 is 46.7 Å². The molecular weight excluding hydrogens is 1100 g/mol. The number of aromatic nitrogens is 4. The molecule has 15 nitrogen and oxygen atoms in total. The first-order chi connectivity index (χ1) is 33.5. The molecule has 0 N–H and O–H groups in total. The number of fused-ring (bicyclic) bond motifs is 2. The largest absolute Gasteiger partial charge is 1.00 e. The standard InChI is InChI=1S/C20H13BrCl2F3N3O.C20H13Cl2F3N6O.C4H8O.N3.Na/c21-8-10-6-13(22)17(26)15(7-10)28-5-4-12-18(20(28)30)27-29(19(12)23)9-11-2-1-3-14(24)16(11)25;21-13-6-10(8-27-29-26)7-15(17(13)25)30-5-4-12-18(20(30)32)28-31(19(12)22)9-11-2-1-3-14(23)16(11)24;1-2-4-5-3-1;1-3-2;/h1-3,6-7H,4-5,8-9H2;1-3,6-7H,4-5,8-9H2;1-4H2;;/q;;;-1;+1. The Kier molecular flexibility index (Phi) is 21.0. The predicted molar refractivity (Wildman–Crippen MR) is 255 cm³/mol. The van der Waals surface area contributed by atoms with E-state index in [-0.39, 0.29) is 123 Å². The van der Waals surface area contributed by atoms with Crippen molar-refractivity contribution in [2.45, 2.75) is 50.6 Å². The summed E-state index contributed by atoms with van der Waals surface area (Å²) in [6.07, 6.45) is 3.13. The van der Waals surface area contributed by atoms with Crippen LogP contribution in [0.5, 0.6) is 0 Å². The summed E-state index contributed by atoms with van der Waals surface area (Å²) in [7, 11) is 0. The fraction of sp³-hybridized carbons (Fsp3) is 0.273. The SMILES string of the molecule is C1CCOC1.O=C1c2nn(Cc3cccc(F)c3F)c(Cl)c2CCN1c1cc(CBr)cc(Cl)c1F.[N-]=[N+]=NCc1cc(Cl)c(F)c(N2CCc3c(nn(Cc4cccc(F)c4F)c3Cl)C2=O)c1.[N-]=[N+]=[N-].[Na+]. The fourth-order valence-corrected chi connectivity index (χ4v) is 8.79. The second-order valence-corrected chi connectivity index (χ2v) is 17.2. The third-order valence-corrected chi connectivity index (χ3v) is 12.8. The molecule has 5 heterocycles. The number of ether oxygens (including phenoxy) is 1. The molecule has 1 fully saturated rings. The van der Waals surface area contributed by atoms with Gasteiger partial charge in [-0.15, -0.1) is 0 Å². The van der Waals surface area contributed by atoms with Crippen LogP contribution < -0.4 is 39.4 Å². The fourth-order valence-electron chi connectivity index (χ4n) is 7.43. The summed E-state index contributed by atoms with van der Waals surface area (Å²) in [6, 6.07) is 13.2. The molecule has 9 rings (SSSR count). The average Bonchev–Trinajstić information content (AvgIpc) is 4.11. The molecule has 6 aromatic rings. The number of hydrogen-bond acceptors (Lipinski definition) is 6. The number of alkyl halides is 1. The van der Waals surface area contributed by atoms with E-state index in [2.05, 4.69) is 36.2 Å². The van der Waals surface area contributed by atoms with Gasteiger partial charge in [0, 0.05) is 58.8 Å². The molecule has 3 aliphatic heterocycles. The Bertz CT molecular complexity index is 3040. The molecule has 0 aliphatic carbocycles. The van der Waals surface area contributed by atoms with Crippen molar-refractivity contribution in [3.05, 3.63) is 187 Å². The van der Waals surface area contributed by atoms with Crippen LogP contribution in [0.25, 0.3) is 26.4 Å². The van der Waals surface area contributed by atoms with Crippen molar-refractivity contribution in [1.29, 1.82) is 0 Å². The van der Waals surface area contributed by atoms with Gasteiger partial charge >= 0.3 is 29.6 Å².